The van der Waals surface area contributed by atoms with Gasteiger partial charge in [0.15, 0.2) is 0 Å². The summed E-state index contributed by atoms with van der Waals surface area (Å²) in [5.41, 5.74) is 1.42. The molecule has 8 heteroatoms. The highest BCUT2D eigenvalue weighted by atomic mass is 16.1. The molecular formula is C21H31N7O. The zero-order valence-corrected chi connectivity index (χ0v) is 16.9. The van der Waals surface area contributed by atoms with Crippen LogP contribution in [0.5, 0.6) is 0 Å². The lowest BCUT2D eigenvalue weighted by Gasteiger charge is -2.42. The second-order valence-electron chi connectivity index (χ2n) is 8.20. The number of likely N-dealkylation sites (tertiary alicyclic amines) is 1. The molecule has 2 atom stereocenters. The van der Waals surface area contributed by atoms with Crippen molar-refractivity contribution in [1.29, 1.82) is 0 Å². The first-order chi connectivity index (χ1) is 14.3. The fourth-order valence-electron chi connectivity index (χ4n) is 4.21. The molecule has 0 bridgehead atoms. The van der Waals surface area contributed by atoms with Gasteiger partial charge >= 0.3 is 0 Å². The van der Waals surface area contributed by atoms with Gasteiger partial charge in [0.2, 0.25) is 5.91 Å². The number of hydrogen-bond donors (Lipinski definition) is 2. The Morgan fingerprint density at radius 3 is 2.52 bits per heavy atom. The highest BCUT2D eigenvalue weighted by Crippen LogP contribution is 2.23. The molecule has 2 aromatic rings. The monoisotopic (exact) mass is 397 g/mol. The van der Waals surface area contributed by atoms with Crippen molar-refractivity contribution in [2.75, 3.05) is 19.6 Å². The number of piperidine rings is 1. The number of nitrogens with zero attached hydrogens (tertiary/aromatic N) is 5. The van der Waals surface area contributed by atoms with Crippen LogP contribution in [0.4, 0.5) is 0 Å². The molecule has 1 saturated heterocycles. The van der Waals surface area contributed by atoms with Gasteiger partial charge in [0.1, 0.15) is 6.33 Å². The molecule has 1 aliphatic carbocycles. The maximum atomic E-state index is 12.2. The minimum absolute atomic E-state index is 0.0766. The number of amides is 1. The number of tetrazole rings is 1. The standard InChI is InChI=1S/C21H31N7O/c29-21(11-15-28-16-22-25-26-28)24-20-7-6-19(20)23-18-9-13-27(14-10-18)12-8-17-4-2-1-3-5-17/h1-5,16,18-20,23H,6-15H2,(H,24,29)/t19-,20+/m1/s1. The van der Waals surface area contributed by atoms with Crippen LogP contribution in [-0.2, 0) is 17.8 Å². The van der Waals surface area contributed by atoms with E-state index in [1.807, 2.05) is 0 Å². The maximum absolute atomic E-state index is 12.2. The molecule has 0 radical (unpaired) electrons. The van der Waals surface area contributed by atoms with E-state index in [9.17, 15) is 4.79 Å². The number of nitrogens with one attached hydrogen (secondary N) is 2. The molecule has 8 nitrogen and oxygen atoms in total. The minimum atomic E-state index is 0.0766. The summed E-state index contributed by atoms with van der Waals surface area (Å²) < 4.78 is 1.58. The quantitative estimate of drug-likeness (QED) is 0.657. The van der Waals surface area contributed by atoms with E-state index in [0.29, 0.717) is 25.0 Å². The van der Waals surface area contributed by atoms with Crippen molar-refractivity contribution in [3.05, 3.63) is 42.2 Å². The molecule has 0 unspecified atom stereocenters. The normalized spacial score (nSPS) is 22.9. The summed E-state index contributed by atoms with van der Waals surface area (Å²) in [6.07, 6.45) is 7.65. The van der Waals surface area contributed by atoms with E-state index in [1.165, 1.54) is 24.7 Å². The van der Waals surface area contributed by atoms with Crippen molar-refractivity contribution in [3.8, 4) is 0 Å². The van der Waals surface area contributed by atoms with E-state index in [0.717, 1.165) is 38.9 Å². The third kappa shape index (κ3) is 5.83. The molecule has 1 saturated carbocycles. The summed E-state index contributed by atoms with van der Waals surface area (Å²) in [5, 5.41) is 17.9. The van der Waals surface area contributed by atoms with Gasteiger partial charge in [-0.15, -0.1) is 5.10 Å². The molecule has 2 aliphatic rings. The van der Waals surface area contributed by atoms with Crippen molar-refractivity contribution in [3.63, 3.8) is 0 Å². The third-order valence-electron chi connectivity index (χ3n) is 6.18. The van der Waals surface area contributed by atoms with Crippen molar-refractivity contribution < 1.29 is 4.79 Å². The van der Waals surface area contributed by atoms with Gasteiger partial charge < -0.3 is 15.5 Å². The largest absolute Gasteiger partial charge is 0.352 e. The van der Waals surface area contributed by atoms with Crippen LogP contribution < -0.4 is 10.6 Å². The average molecular weight is 398 g/mol. The lowest BCUT2D eigenvalue weighted by atomic mass is 9.85. The maximum Gasteiger partial charge on any atom is 0.222 e. The number of benzene rings is 1. The number of carbonyl (C=O) groups excluding carboxylic acids is 1. The van der Waals surface area contributed by atoms with Crippen LogP contribution in [0, 0.1) is 0 Å². The SMILES string of the molecule is O=C(CCn1cnnn1)N[C@H]1CC[C@H]1NC1CCN(CCc2ccccc2)CC1. The number of aryl methyl sites for hydroxylation is 1. The van der Waals surface area contributed by atoms with Gasteiger partial charge in [-0.3, -0.25) is 4.79 Å². The summed E-state index contributed by atoms with van der Waals surface area (Å²) in [7, 11) is 0. The Hall–Kier alpha value is -2.32. The van der Waals surface area contributed by atoms with Crippen LogP contribution in [0.3, 0.4) is 0 Å². The van der Waals surface area contributed by atoms with Crippen LogP contribution in [0.15, 0.2) is 36.7 Å². The zero-order chi connectivity index (χ0) is 19.9. The van der Waals surface area contributed by atoms with E-state index in [4.69, 9.17) is 0 Å². The molecule has 2 heterocycles. The van der Waals surface area contributed by atoms with Gasteiger partial charge in [-0.1, -0.05) is 30.3 Å². The predicted octanol–water partition coefficient (Wildman–Crippen LogP) is 1.01. The first-order valence-corrected chi connectivity index (χ1v) is 10.8. The summed E-state index contributed by atoms with van der Waals surface area (Å²) in [5.74, 6) is 0.0766. The average Bonchev–Trinajstić information content (AvgIpc) is 3.27. The van der Waals surface area contributed by atoms with E-state index in [1.54, 1.807) is 4.68 Å². The highest BCUT2D eigenvalue weighted by Gasteiger charge is 2.34. The van der Waals surface area contributed by atoms with Crippen LogP contribution in [-0.4, -0.2) is 68.8 Å². The molecule has 156 valence electrons. The molecule has 1 aliphatic heterocycles. The van der Waals surface area contributed by atoms with Crippen molar-refractivity contribution in [1.82, 2.24) is 35.7 Å². The molecule has 4 rings (SSSR count). The Bertz CT molecular complexity index is 744. The fourth-order valence-corrected chi connectivity index (χ4v) is 4.21. The molecule has 1 aromatic heterocycles. The molecule has 2 fully saturated rings. The van der Waals surface area contributed by atoms with Crippen molar-refractivity contribution in [2.24, 2.45) is 0 Å². The Balaban J connectivity index is 1.12. The van der Waals surface area contributed by atoms with Gasteiger partial charge in [-0.05, 0) is 61.2 Å². The van der Waals surface area contributed by atoms with Crippen LogP contribution >= 0.6 is 0 Å². The van der Waals surface area contributed by atoms with Crippen LogP contribution in [0.2, 0.25) is 0 Å². The van der Waals surface area contributed by atoms with Gasteiger partial charge in [0.25, 0.3) is 0 Å². The number of carbonyl (C=O) groups is 1. The minimum Gasteiger partial charge on any atom is -0.352 e. The second-order valence-corrected chi connectivity index (χ2v) is 8.20. The summed E-state index contributed by atoms with van der Waals surface area (Å²) in [6.45, 7) is 3.96. The van der Waals surface area contributed by atoms with Gasteiger partial charge in [-0.25, -0.2) is 4.68 Å². The molecule has 0 spiro atoms. The van der Waals surface area contributed by atoms with E-state index >= 15 is 0 Å². The van der Waals surface area contributed by atoms with Crippen molar-refractivity contribution in [2.45, 2.75) is 63.2 Å². The molecule has 1 aromatic carbocycles. The Morgan fingerprint density at radius 2 is 1.83 bits per heavy atom. The van der Waals surface area contributed by atoms with Gasteiger partial charge in [-0.2, -0.15) is 0 Å². The van der Waals surface area contributed by atoms with Gasteiger partial charge in [0.05, 0.1) is 6.54 Å². The third-order valence-corrected chi connectivity index (χ3v) is 6.18. The number of rotatable bonds is 9. The van der Waals surface area contributed by atoms with E-state index in [-0.39, 0.29) is 11.9 Å². The lowest BCUT2D eigenvalue weighted by molar-refractivity contribution is -0.123. The molecular weight excluding hydrogens is 366 g/mol. The highest BCUT2D eigenvalue weighted by molar-refractivity contribution is 5.76. The van der Waals surface area contributed by atoms with E-state index in [2.05, 4.69) is 61.4 Å². The van der Waals surface area contributed by atoms with Crippen molar-refractivity contribution >= 4 is 5.91 Å². The number of hydrogen-bond acceptors (Lipinski definition) is 6. The first-order valence-electron chi connectivity index (χ1n) is 10.8. The summed E-state index contributed by atoms with van der Waals surface area (Å²) in [6, 6.07) is 12.0. The van der Waals surface area contributed by atoms with Crippen LogP contribution in [0.25, 0.3) is 0 Å². The predicted molar refractivity (Wildman–Crippen MR) is 110 cm³/mol. The Morgan fingerprint density at radius 1 is 1.03 bits per heavy atom. The summed E-state index contributed by atoms with van der Waals surface area (Å²) >= 11 is 0. The zero-order valence-electron chi connectivity index (χ0n) is 16.9. The lowest BCUT2D eigenvalue weighted by Crippen LogP contribution is -2.60. The fraction of sp³-hybridized carbons (Fsp3) is 0.619. The Kier molecular flexibility index (Phi) is 6.84. The first kappa shape index (κ1) is 20.0. The molecule has 2 N–H and O–H groups in total. The second kappa shape index (κ2) is 9.93. The summed E-state index contributed by atoms with van der Waals surface area (Å²) in [4.78, 5) is 14.8. The smallest absolute Gasteiger partial charge is 0.222 e. The Labute approximate surface area is 172 Å². The molecule has 29 heavy (non-hydrogen) atoms. The number of aromatic nitrogens is 4. The van der Waals surface area contributed by atoms with E-state index < -0.39 is 0 Å². The van der Waals surface area contributed by atoms with Gasteiger partial charge in [0, 0.05) is 31.1 Å². The molecule has 1 amide bonds. The van der Waals surface area contributed by atoms with Crippen LogP contribution in [0.1, 0.15) is 37.7 Å². The topological polar surface area (TPSA) is 88.0 Å².